The van der Waals surface area contributed by atoms with Crippen molar-refractivity contribution in [1.29, 1.82) is 0 Å². The molecule has 0 aliphatic carbocycles. The molecule has 0 spiro atoms. The molecular formula is C5H12N2. The Hall–Kier alpha value is -0.500. The minimum atomic E-state index is 0.923. The maximum Gasteiger partial charge on any atom is 0.0159 e. The number of hydrogen-bond acceptors (Lipinski definition) is 2. The Morgan fingerprint density at radius 2 is 2.29 bits per heavy atom. The van der Waals surface area contributed by atoms with Crippen LogP contribution in [0.4, 0.5) is 0 Å². The second-order valence-electron chi connectivity index (χ2n) is 1.44. The van der Waals surface area contributed by atoms with Gasteiger partial charge in [-0.1, -0.05) is 13.5 Å². The number of hydrazine groups is 1. The van der Waals surface area contributed by atoms with Gasteiger partial charge in [-0.3, -0.25) is 0 Å². The fraction of sp³-hybridized carbons (Fsp3) is 0.600. The maximum absolute atomic E-state index is 3.62. The molecule has 0 aromatic carbocycles. The van der Waals surface area contributed by atoms with Crippen LogP contribution in [0.25, 0.3) is 0 Å². The predicted molar refractivity (Wildman–Crippen MR) is 31.6 cm³/mol. The van der Waals surface area contributed by atoms with E-state index in [1.165, 1.54) is 0 Å². The Balaban J connectivity index is 2.82. The van der Waals surface area contributed by atoms with Gasteiger partial charge in [-0.15, -0.1) is 0 Å². The van der Waals surface area contributed by atoms with Crippen LogP contribution in [0.5, 0.6) is 0 Å². The van der Waals surface area contributed by atoms with Gasteiger partial charge in [-0.25, -0.2) is 5.43 Å². The second kappa shape index (κ2) is 3.68. The summed E-state index contributed by atoms with van der Waals surface area (Å²) in [6, 6.07) is 0. The normalized spacial score (nSPS) is 8.29. The zero-order valence-electron chi connectivity index (χ0n) is 4.91. The van der Waals surface area contributed by atoms with E-state index in [0.29, 0.717) is 0 Å². The van der Waals surface area contributed by atoms with E-state index in [-0.39, 0.29) is 0 Å². The highest BCUT2D eigenvalue weighted by Gasteiger charge is 1.73. The molecule has 0 atom stereocenters. The molecule has 0 unspecified atom stereocenters. The zero-order valence-corrected chi connectivity index (χ0v) is 4.91. The van der Waals surface area contributed by atoms with Gasteiger partial charge in [0.05, 0.1) is 0 Å². The van der Waals surface area contributed by atoms with Gasteiger partial charge in [0.15, 0.2) is 0 Å². The van der Waals surface area contributed by atoms with Crippen molar-refractivity contribution in [2.75, 3.05) is 6.54 Å². The topological polar surface area (TPSA) is 24.1 Å². The first kappa shape index (κ1) is 6.50. The van der Waals surface area contributed by atoms with Crippen molar-refractivity contribution in [3.63, 3.8) is 0 Å². The molecule has 7 heavy (non-hydrogen) atoms. The first-order valence-electron chi connectivity index (χ1n) is 2.41. The fourth-order valence-corrected chi connectivity index (χ4v) is 0.239. The highest BCUT2D eigenvalue weighted by Crippen LogP contribution is 1.69. The predicted octanol–water partition coefficient (Wildman–Crippen LogP) is 0.634. The molecule has 0 aliphatic heterocycles. The summed E-state index contributed by atoms with van der Waals surface area (Å²) < 4.78 is 0. The Morgan fingerprint density at radius 1 is 1.71 bits per heavy atom. The van der Waals surface area contributed by atoms with Crippen LogP contribution in [0.15, 0.2) is 12.3 Å². The van der Waals surface area contributed by atoms with Crippen LogP contribution in [0.1, 0.15) is 13.8 Å². The van der Waals surface area contributed by atoms with E-state index in [1.807, 2.05) is 13.8 Å². The quantitative estimate of drug-likeness (QED) is 0.508. The molecule has 2 nitrogen and oxygen atoms in total. The lowest BCUT2D eigenvalue weighted by molar-refractivity contribution is 0.627. The van der Waals surface area contributed by atoms with Crippen LogP contribution >= 0.6 is 0 Å². The van der Waals surface area contributed by atoms with E-state index in [2.05, 4.69) is 17.4 Å². The van der Waals surface area contributed by atoms with Crippen LogP contribution in [-0.4, -0.2) is 6.54 Å². The van der Waals surface area contributed by atoms with Crippen molar-refractivity contribution in [3.05, 3.63) is 12.3 Å². The van der Waals surface area contributed by atoms with Crippen LogP contribution in [-0.2, 0) is 0 Å². The third kappa shape index (κ3) is 5.50. The number of hydrogen-bond donors (Lipinski definition) is 2. The molecule has 0 aliphatic rings. The van der Waals surface area contributed by atoms with Crippen molar-refractivity contribution in [1.82, 2.24) is 10.9 Å². The number of nitrogens with one attached hydrogen (secondary N) is 2. The highest BCUT2D eigenvalue weighted by atomic mass is 15.3. The first-order valence-corrected chi connectivity index (χ1v) is 2.41. The maximum atomic E-state index is 3.62. The summed E-state index contributed by atoms with van der Waals surface area (Å²) in [7, 11) is 0. The molecule has 0 aromatic heterocycles. The van der Waals surface area contributed by atoms with Crippen molar-refractivity contribution >= 4 is 0 Å². The Labute approximate surface area is 44.6 Å². The Kier molecular flexibility index (Phi) is 3.42. The minimum Gasteiger partial charge on any atom is -0.327 e. The van der Waals surface area contributed by atoms with E-state index in [0.717, 1.165) is 12.2 Å². The summed E-state index contributed by atoms with van der Waals surface area (Å²) in [6.45, 7) is 8.47. The Morgan fingerprint density at radius 3 is 2.43 bits per heavy atom. The summed E-state index contributed by atoms with van der Waals surface area (Å²) in [6.07, 6.45) is 0. The summed E-state index contributed by atoms with van der Waals surface area (Å²) in [5.74, 6) is 0. The molecule has 2 heteroatoms. The van der Waals surface area contributed by atoms with Crippen LogP contribution in [0.2, 0.25) is 0 Å². The van der Waals surface area contributed by atoms with Crippen molar-refractivity contribution in [3.8, 4) is 0 Å². The third-order valence-corrected chi connectivity index (χ3v) is 0.479. The van der Waals surface area contributed by atoms with Crippen molar-refractivity contribution in [2.24, 2.45) is 0 Å². The zero-order chi connectivity index (χ0) is 5.70. The van der Waals surface area contributed by atoms with Crippen molar-refractivity contribution < 1.29 is 0 Å². The van der Waals surface area contributed by atoms with E-state index in [9.17, 15) is 0 Å². The lowest BCUT2D eigenvalue weighted by Gasteiger charge is -2.01. The monoisotopic (exact) mass is 100 g/mol. The third-order valence-electron chi connectivity index (χ3n) is 0.479. The van der Waals surface area contributed by atoms with Crippen molar-refractivity contribution in [2.45, 2.75) is 13.8 Å². The fourth-order valence-electron chi connectivity index (χ4n) is 0.239. The van der Waals surface area contributed by atoms with Gasteiger partial charge < -0.3 is 5.43 Å². The van der Waals surface area contributed by atoms with Crippen LogP contribution < -0.4 is 10.9 Å². The lowest BCUT2D eigenvalue weighted by atomic mass is 10.6. The van der Waals surface area contributed by atoms with Gasteiger partial charge in [-0.2, -0.15) is 0 Å². The largest absolute Gasteiger partial charge is 0.327 e. The Bertz CT molecular complexity index is 59.1. The van der Waals surface area contributed by atoms with Gasteiger partial charge in [-0.05, 0) is 6.92 Å². The molecular weight excluding hydrogens is 88.1 g/mol. The average molecular weight is 100 g/mol. The molecule has 0 bridgehead atoms. The lowest BCUT2D eigenvalue weighted by Crippen LogP contribution is -2.28. The molecule has 0 aromatic rings. The first-order chi connectivity index (χ1) is 3.27. The van der Waals surface area contributed by atoms with Crippen LogP contribution in [0.3, 0.4) is 0 Å². The summed E-state index contributed by atoms with van der Waals surface area (Å²) in [5, 5.41) is 0. The SMILES string of the molecule is C=C(C)NNCC. The van der Waals surface area contributed by atoms with Gasteiger partial charge >= 0.3 is 0 Å². The molecule has 0 fully saturated rings. The molecule has 0 heterocycles. The standard InChI is InChI=1S/C5H12N2/c1-4-6-7-5(2)3/h6-7H,2,4H2,1,3H3. The van der Waals surface area contributed by atoms with Gasteiger partial charge in [0.25, 0.3) is 0 Å². The van der Waals surface area contributed by atoms with E-state index in [1.54, 1.807) is 0 Å². The average Bonchev–Trinajstić information content (AvgIpc) is 1.61. The molecule has 0 radical (unpaired) electrons. The minimum absolute atomic E-state index is 0.923. The van der Waals surface area contributed by atoms with Gasteiger partial charge in [0.1, 0.15) is 0 Å². The molecule has 0 saturated heterocycles. The molecule has 42 valence electrons. The van der Waals surface area contributed by atoms with Gasteiger partial charge in [0, 0.05) is 12.2 Å². The number of allylic oxidation sites excluding steroid dienone is 1. The highest BCUT2D eigenvalue weighted by molar-refractivity contribution is 4.81. The molecule has 0 saturated carbocycles. The van der Waals surface area contributed by atoms with Gasteiger partial charge in [0.2, 0.25) is 0 Å². The summed E-state index contributed by atoms with van der Waals surface area (Å²) in [4.78, 5) is 0. The van der Waals surface area contributed by atoms with E-state index >= 15 is 0 Å². The van der Waals surface area contributed by atoms with E-state index < -0.39 is 0 Å². The molecule has 0 rings (SSSR count). The number of rotatable bonds is 3. The summed E-state index contributed by atoms with van der Waals surface area (Å²) >= 11 is 0. The second-order valence-corrected chi connectivity index (χ2v) is 1.44. The van der Waals surface area contributed by atoms with Crippen LogP contribution in [0, 0.1) is 0 Å². The molecule has 2 N–H and O–H groups in total. The van der Waals surface area contributed by atoms with E-state index in [4.69, 9.17) is 0 Å². The smallest absolute Gasteiger partial charge is 0.0159 e. The molecule has 0 amide bonds. The summed E-state index contributed by atoms with van der Waals surface area (Å²) in [5.41, 5.74) is 6.70.